The van der Waals surface area contributed by atoms with Crippen molar-refractivity contribution in [1.82, 2.24) is 0 Å². The van der Waals surface area contributed by atoms with E-state index in [0.29, 0.717) is 16.2 Å². The van der Waals surface area contributed by atoms with Gasteiger partial charge in [-0.2, -0.15) is 0 Å². The van der Waals surface area contributed by atoms with Crippen molar-refractivity contribution >= 4 is 23.2 Å². The third-order valence-electron chi connectivity index (χ3n) is 3.18. The summed E-state index contributed by atoms with van der Waals surface area (Å²) in [7, 11) is 1.61. The molecule has 0 fully saturated rings. The van der Waals surface area contributed by atoms with E-state index < -0.39 is 0 Å². The number of nitrogens with two attached hydrogens (primary N) is 1. The van der Waals surface area contributed by atoms with Crippen LogP contribution in [0.15, 0.2) is 58.3 Å². The molecule has 1 heterocycles. The van der Waals surface area contributed by atoms with Gasteiger partial charge in [-0.25, -0.2) is 0 Å². The lowest BCUT2D eigenvalue weighted by atomic mass is 10.1. The Morgan fingerprint density at radius 3 is 2.60 bits per heavy atom. The molecule has 0 aliphatic carbocycles. The second-order valence-corrected chi connectivity index (χ2v) is 5.45. The van der Waals surface area contributed by atoms with Gasteiger partial charge >= 0.3 is 0 Å². The first-order valence-corrected chi connectivity index (χ1v) is 6.98. The molecule has 2 aromatic carbocycles. The highest BCUT2D eigenvalue weighted by Crippen LogP contribution is 2.43. The number of Topliss-reactive ketones (excluding diaryl/α,β-unsaturated/α-hetero) is 1. The fourth-order valence-corrected chi connectivity index (χ4v) is 3.20. The standard InChI is InChI=1S/C16H13NO2S/c1-19-11-7-8-12-13(9-11)20-16(15(12)18)14(17)10-5-3-2-4-6-10/h2-9H,17H2,1H3. The third kappa shape index (κ3) is 2.08. The molecule has 0 saturated heterocycles. The Kier molecular flexibility index (Phi) is 3.24. The van der Waals surface area contributed by atoms with Crippen LogP contribution in [0.4, 0.5) is 0 Å². The molecule has 0 bridgehead atoms. The van der Waals surface area contributed by atoms with Crippen molar-refractivity contribution in [3.63, 3.8) is 0 Å². The van der Waals surface area contributed by atoms with Crippen molar-refractivity contribution in [2.24, 2.45) is 5.73 Å². The SMILES string of the molecule is COc1ccc2c(c1)SC(=C(N)c1ccccc1)C2=O. The number of ketones is 1. The van der Waals surface area contributed by atoms with E-state index in [1.165, 1.54) is 11.8 Å². The van der Waals surface area contributed by atoms with Crippen LogP contribution in [0.2, 0.25) is 0 Å². The van der Waals surface area contributed by atoms with Gasteiger partial charge in [-0.05, 0) is 23.8 Å². The monoisotopic (exact) mass is 283 g/mol. The van der Waals surface area contributed by atoms with Gasteiger partial charge in [0, 0.05) is 10.5 Å². The van der Waals surface area contributed by atoms with Crippen LogP contribution in [0.1, 0.15) is 15.9 Å². The second kappa shape index (κ2) is 5.06. The Labute approximate surface area is 121 Å². The Bertz CT molecular complexity index is 708. The molecule has 0 radical (unpaired) electrons. The lowest BCUT2D eigenvalue weighted by molar-refractivity contribution is 0.104. The van der Waals surface area contributed by atoms with Crippen LogP contribution in [-0.2, 0) is 0 Å². The number of hydrogen-bond acceptors (Lipinski definition) is 4. The van der Waals surface area contributed by atoms with E-state index >= 15 is 0 Å². The number of fused-ring (bicyclic) bond motifs is 1. The summed E-state index contributed by atoms with van der Waals surface area (Å²) in [6.07, 6.45) is 0. The highest BCUT2D eigenvalue weighted by molar-refractivity contribution is 8.05. The number of methoxy groups -OCH3 is 1. The van der Waals surface area contributed by atoms with Crippen LogP contribution in [-0.4, -0.2) is 12.9 Å². The molecule has 2 N–H and O–H groups in total. The van der Waals surface area contributed by atoms with Gasteiger partial charge in [0.1, 0.15) is 5.75 Å². The minimum Gasteiger partial charge on any atom is -0.497 e. The van der Waals surface area contributed by atoms with Crippen molar-refractivity contribution in [1.29, 1.82) is 0 Å². The zero-order chi connectivity index (χ0) is 14.1. The molecule has 100 valence electrons. The smallest absolute Gasteiger partial charge is 0.202 e. The summed E-state index contributed by atoms with van der Waals surface area (Å²) in [4.78, 5) is 13.9. The highest BCUT2D eigenvalue weighted by atomic mass is 32.2. The fraction of sp³-hybridized carbons (Fsp3) is 0.0625. The maximum Gasteiger partial charge on any atom is 0.202 e. The molecule has 2 aromatic rings. The lowest BCUT2D eigenvalue weighted by Crippen LogP contribution is -2.04. The van der Waals surface area contributed by atoms with Crippen molar-refractivity contribution in [3.05, 3.63) is 64.6 Å². The molecule has 1 aliphatic rings. The van der Waals surface area contributed by atoms with Gasteiger partial charge in [-0.1, -0.05) is 42.1 Å². The number of allylic oxidation sites excluding steroid dienone is 1. The molecule has 0 aromatic heterocycles. The molecular formula is C16H13NO2S. The summed E-state index contributed by atoms with van der Waals surface area (Å²) in [6.45, 7) is 0. The molecule has 0 saturated carbocycles. The summed E-state index contributed by atoms with van der Waals surface area (Å²) in [5.74, 6) is 0.720. The number of carbonyl (C=O) groups excluding carboxylic acids is 1. The number of carbonyl (C=O) groups is 1. The number of rotatable bonds is 2. The van der Waals surface area contributed by atoms with Crippen LogP contribution in [0, 0.1) is 0 Å². The summed E-state index contributed by atoms with van der Waals surface area (Å²) in [5, 5.41) is 0. The molecule has 0 amide bonds. The normalized spacial score (nSPS) is 15.9. The summed E-state index contributed by atoms with van der Waals surface area (Å²) >= 11 is 1.40. The quantitative estimate of drug-likeness (QED) is 0.859. The van der Waals surface area contributed by atoms with Crippen LogP contribution in [0.3, 0.4) is 0 Å². The molecule has 0 unspecified atom stereocenters. The van der Waals surface area contributed by atoms with Gasteiger partial charge in [-0.15, -0.1) is 0 Å². The average Bonchev–Trinajstić information content (AvgIpc) is 2.84. The topological polar surface area (TPSA) is 52.3 Å². The Balaban J connectivity index is 2.05. The van der Waals surface area contributed by atoms with Crippen LogP contribution < -0.4 is 10.5 Å². The van der Waals surface area contributed by atoms with Gasteiger partial charge in [0.2, 0.25) is 5.78 Å². The average molecular weight is 283 g/mol. The first kappa shape index (κ1) is 12.8. The Hall–Kier alpha value is -2.20. The third-order valence-corrected chi connectivity index (χ3v) is 4.35. The van der Waals surface area contributed by atoms with E-state index in [2.05, 4.69) is 0 Å². The number of ether oxygens (including phenoxy) is 1. The molecule has 1 aliphatic heterocycles. The summed E-state index contributed by atoms with van der Waals surface area (Å²) in [6, 6.07) is 15.0. The molecule has 0 spiro atoms. The van der Waals surface area contributed by atoms with Crippen molar-refractivity contribution in [2.45, 2.75) is 4.90 Å². The maximum absolute atomic E-state index is 12.4. The fourth-order valence-electron chi connectivity index (χ4n) is 2.11. The summed E-state index contributed by atoms with van der Waals surface area (Å²) in [5.41, 5.74) is 8.22. The van der Waals surface area contributed by atoms with E-state index in [4.69, 9.17) is 10.5 Å². The minimum absolute atomic E-state index is 0.0194. The van der Waals surface area contributed by atoms with Crippen LogP contribution in [0.5, 0.6) is 5.75 Å². The predicted octanol–water partition coefficient (Wildman–Crippen LogP) is 3.31. The zero-order valence-corrected chi connectivity index (χ0v) is 11.7. The van der Waals surface area contributed by atoms with Gasteiger partial charge in [-0.3, -0.25) is 4.79 Å². The number of benzene rings is 2. The highest BCUT2D eigenvalue weighted by Gasteiger charge is 2.28. The van der Waals surface area contributed by atoms with Gasteiger partial charge in [0.05, 0.1) is 17.7 Å². The maximum atomic E-state index is 12.4. The molecule has 0 atom stereocenters. The largest absolute Gasteiger partial charge is 0.497 e. The molecule has 4 heteroatoms. The number of hydrogen-bond donors (Lipinski definition) is 1. The number of thioether (sulfide) groups is 1. The molecule has 3 rings (SSSR count). The van der Waals surface area contributed by atoms with Gasteiger partial charge < -0.3 is 10.5 Å². The first-order valence-electron chi connectivity index (χ1n) is 6.16. The van der Waals surface area contributed by atoms with Gasteiger partial charge in [0.15, 0.2) is 0 Å². The Morgan fingerprint density at radius 1 is 1.15 bits per heavy atom. The lowest BCUT2D eigenvalue weighted by Gasteiger charge is -2.04. The predicted molar refractivity (Wildman–Crippen MR) is 80.7 cm³/mol. The second-order valence-electron chi connectivity index (χ2n) is 4.40. The van der Waals surface area contributed by atoms with Crippen molar-refractivity contribution in [2.75, 3.05) is 7.11 Å². The van der Waals surface area contributed by atoms with Gasteiger partial charge in [0.25, 0.3) is 0 Å². The van der Waals surface area contributed by atoms with Crippen LogP contribution >= 0.6 is 11.8 Å². The van der Waals surface area contributed by atoms with E-state index in [1.54, 1.807) is 19.2 Å². The molecular weight excluding hydrogens is 270 g/mol. The Morgan fingerprint density at radius 2 is 1.90 bits per heavy atom. The van der Waals surface area contributed by atoms with E-state index in [-0.39, 0.29) is 5.78 Å². The molecule has 3 nitrogen and oxygen atoms in total. The minimum atomic E-state index is -0.0194. The van der Waals surface area contributed by atoms with Crippen LogP contribution in [0.25, 0.3) is 5.70 Å². The van der Waals surface area contributed by atoms with Crippen molar-refractivity contribution in [3.8, 4) is 5.75 Å². The van der Waals surface area contributed by atoms with Crippen molar-refractivity contribution < 1.29 is 9.53 Å². The molecule has 20 heavy (non-hydrogen) atoms. The summed E-state index contributed by atoms with van der Waals surface area (Å²) < 4.78 is 5.18. The zero-order valence-electron chi connectivity index (χ0n) is 10.9. The van der Waals surface area contributed by atoms with E-state index in [1.807, 2.05) is 36.4 Å². The van der Waals surface area contributed by atoms with E-state index in [9.17, 15) is 4.79 Å². The first-order chi connectivity index (χ1) is 9.70. The van der Waals surface area contributed by atoms with E-state index in [0.717, 1.165) is 16.2 Å².